The van der Waals surface area contributed by atoms with Crippen LogP contribution < -0.4 is 0 Å². The fourth-order valence-corrected chi connectivity index (χ4v) is 3.30. The van der Waals surface area contributed by atoms with Gasteiger partial charge < -0.3 is 0 Å². The van der Waals surface area contributed by atoms with Gasteiger partial charge in [0.25, 0.3) is 0 Å². The average molecular weight is 215 g/mol. The van der Waals surface area contributed by atoms with Crippen molar-refractivity contribution in [1.82, 2.24) is 15.2 Å². The molecule has 62 valence electrons. The Balaban J connectivity index is 2.14. The summed E-state index contributed by atoms with van der Waals surface area (Å²) in [5.41, 5.74) is 0. The number of thiazole rings is 1. The van der Waals surface area contributed by atoms with Crippen LogP contribution in [0.3, 0.4) is 0 Å². The molecule has 0 unspecified atom stereocenters. The third kappa shape index (κ3) is 1.82. The summed E-state index contributed by atoms with van der Waals surface area (Å²) in [7, 11) is 0. The summed E-state index contributed by atoms with van der Waals surface area (Å²) < 4.78 is 1.98. The van der Waals surface area contributed by atoms with Gasteiger partial charge >= 0.3 is 0 Å². The normalized spacial score (nSPS) is 10.4. The Bertz CT molecular complexity index is 354. The lowest BCUT2D eigenvalue weighted by atomic mass is 10.9. The largest absolute Gasteiger partial charge is 0.238 e. The summed E-state index contributed by atoms with van der Waals surface area (Å²) >= 11 is 4.78. The third-order valence-corrected chi connectivity index (χ3v) is 3.86. The van der Waals surface area contributed by atoms with Crippen molar-refractivity contribution in [2.45, 2.75) is 15.6 Å². The summed E-state index contributed by atoms with van der Waals surface area (Å²) in [5, 5.41) is 10.9. The first-order valence-electron chi connectivity index (χ1n) is 3.22. The van der Waals surface area contributed by atoms with Crippen LogP contribution in [0.5, 0.6) is 0 Å². The Morgan fingerprint density at radius 3 is 2.83 bits per heavy atom. The predicted molar refractivity (Wildman–Crippen MR) is 50.9 cm³/mol. The van der Waals surface area contributed by atoms with Crippen molar-refractivity contribution in [3.63, 3.8) is 0 Å². The number of rotatable bonds is 2. The number of aryl methyl sites for hydroxylation is 1. The van der Waals surface area contributed by atoms with E-state index in [0.717, 1.165) is 13.7 Å². The van der Waals surface area contributed by atoms with Gasteiger partial charge in [-0.3, -0.25) is 0 Å². The lowest BCUT2D eigenvalue weighted by Crippen LogP contribution is -1.70. The maximum Gasteiger partial charge on any atom is 0.181 e. The first-order valence-corrected chi connectivity index (χ1v) is 5.73. The van der Waals surface area contributed by atoms with E-state index < -0.39 is 0 Å². The molecule has 0 bridgehead atoms. The van der Waals surface area contributed by atoms with Crippen molar-refractivity contribution in [3.05, 3.63) is 16.6 Å². The zero-order chi connectivity index (χ0) is 8.39. The monoisotopic (exact) mass is 215 g/mol. The molecule has 0 atom stereocenters. The molecule has 0 aliphatic rings. The lowest BCUT2D eigenvalue weighted by Gasteiger charge is -1.85. The Kier molecular flexibility index (Phi) is 2.38. The molecule has 2 rings (SSSR count). The molecule has 0 fully saturated rings. The van der Waals surface area contributed by atoms with Gasteiger partial charge in [-0.05, 0) is 18.7 Å². The maximum absolute atomic E-state index is 4.14. The summed E-state index contributed by atoms with van der Waals surface area (Å²) in [6, 6.07) is 0. The van der Waals surface area contributed by atoms with Crippen molar-refractivity contribution < 1.29 is 0 Å². The van der Waals surface area contributed by atoms with Gasteiger partial charge in [-0.2, -0.15) is 0 Å². The Hall–Kier alpha value is -0.460. The van der Waals surface area contributed by atoms with Gasteiger partial charge in [-0.25, -0.2) is 4.98 Å². The molecule has 0 aliphatic carbocycles. The fourth-order valence-electron chi connectivity index (χ4n) is 0.655. The molecule has 3 nitrogen and oxygen atoms in total. The molecule has 2 aromatic rings. The lowest BCUT2D eigenvalue weighted by molar-refractivity contribution is 0.983. The van der Waals surface area contributed by atoms with Crippen LogP contribution in [0.2, 0.25) is 0 Å². The van der Waals surface area contributed by atoms with Crippen molar-refractivity contribution in [3.8, 4) is 0 Å². The molecule has 12 heavy (non-hydrogen) atoms. The van der Waals surface area contributed by atoms with Gasteiger partial charge in [-0.15, -0.1) is 21.5 Å². The van der Waals surface area contributed by atoms with E-state index in [1.54, 1.807) is 40.6 Å². The van der Waals surface area contributed by atoms with E-state index in [-0.39, 0.29) is 0 Å². The average Bonchev–Trinajstić information content (AvgIpc) is 2.63. The zero-order valence-corrected chi connectivity index (χ0v) is 8.67. The summed E-state index contributed by atoms with van der Waals surface area (Å²) in [6.45, 7) is 1.95. The van der Waals surface area contributed by atoms with E-state index >= 15 is 0 Å². The molecule has 0 N–H and O–H groups in total. The van der Waals surface area contributed by atoms with Crippen LogP contribution in [-0.2, 0) is 0 Å². The Labute approximate surface area is 81.9 Å². The molecule has 0 amide bonds. The third-order valence-electron chi connectivity index (χ3n) is 1.09. The molecule has 2 aromatic heterocycles. The quantitative estimate of drug-likeness (QED) is 0.771. The minimum absolute atomic E-state index is 0.961. The second-order valence-corrected chi connectivity index (χ2v) is 5.56. The van der Waals surface area contributed by atoms with Gasteiger partial charge in [0.05, 0.1) is 0 Å². The predicted octanol–water partition coefficient (Wildman–Crippen LogP) is 2.45. The Morgan fingerprint density at radius 2 is 2.25 bits per heavy atom. The first kappa shape index (κ1) is 8.15. The fraction of sp³-hybridized carbons (Fsp3) is 0.167. The molecule has 0 aromatic carbocycles. The van der Waals surface area contributed by atoms with Crippen LogP contribution in [0.4, 0.5) is 0 Å². The highest BCUT2D eigenvalue weighted by molar-refractivity contribution is 8.02. The highest BCUT2D eigenvalue weighted by Crippen LogP contribution is 2.30. The number of hydrogen-bond donors (Lipinski definition) is 0. The topological polar surface area (TPSA) is 38.7 Å². The van der Waals surface area contributed by atoms with Crippen LogP contribution in [0.15, 0.2) is 20.3 Å². The first-order chi connectivity index (χ1) is 5.84. The smallest absolute Gasteiger partial charge is 0.181 e. The molecule has 0 saturated heterocycles. The number of hydrogen-bond acceptors (Lipinski definition) is 6. The summed E-state index contributed by atoms with van der Waals surface area (Å²) in [6.07, 6.45) is 1.79. The SMILES string of the molecule is Cc1nnc(Sc2nccs2)s1. The van der Waals surface area contributed by atoms with Crippen molar-refractivity contribution in [2.24, 2.45) is 0 Å². The van der Waals surface area contributed by atoms with E-state index in [2.05, 4.69) is 15.2 Å². The van der Waals surface area contributed by atoms with E-state index in [1.807, 2.05) is 12.3 Å². The van der Waals surface area contributed by atoms with Crippen molar-refractivity contribution in [2.75, 3.05) is 0 Å². The van der Waals surface area contributed by atoms with E-state index in [1.165, 1.54) is 0 Å². The molecule has 2 heterocycles. The highest BCUT2D eigenvalue weighted by Gasteiger charge is 2.03. The summed E-state index contributed by atoms with van der Waals surface area (Å²) in [5.74, 6) is 0. The standard InChI is InChI=1S/C6H5N3S3/c1-4-8-9-6(11-4)12-5-7-2-3-10-5/h2-3H,1H3. The van der Waals surface area contributed by atoms with Crippen LogP contribution in [-0.4, -0.2) is 15.2 Å². The number of nitrogens with zero attached hydrogens (tertiary/aromatic N) is 3. The van der Waals surface area contributed by atoms with Gasteiger partial charge in [0.2, 0.25) is 0 Å². The molecule has 0 spiro atoms. The molecular formula is C6H5N3S3. The van der Waals surface area contributed by atoms with Gasteiger partial charge in [-0.1, -0.05) is 11.3 Å². The van der Waals surface area contributed by atoms with Gasteiger partial charge in [0, 0.05) is 11.6 Å². The van der Waals surface area contributed by atoms with E-state index in [4.69, 9.17) is 0 Å². The molecule has 0 saturated carbocycles. The van der Waals surface area contributed by atoms with Crippen LogP contribution in [0.25, 0.3) is 0 Å². The number of aromatic nitrogens is 3. The van der Waals surface area contributed by atoms with Crippen LogP contribution >= 0.6 is 34.4 Å². The molecule has 6 heteroatoms. The second-order valence-electron chi connectivity index (χ2n) is 1.99. The zero-order valence-electron chi connectivity index (χ0n) is 6.22. The minimum atomic E-state index is 0.961. The van der Waals surface area contributed by atoms with Crippen molar-refractivity contribution >= 4 is 34.4 Å². The Morgan fingerprint density at radius 1 is 1.33 bits per heavy atom. The maximum atomic E-state index is 4.14. The molecular weight excluding hydrogens is 210 g/mol. The molecule has 0 aliphatic heterocycles. The van der Waals surface area contributed by atoms with Gasteiger partial charge in [0.15, 0.2) is 8.68 Å². The van der Waals surface area contributed by atoms with E-state index in [9.17, 15) is 0 Å². The van der Waals surface area contributed by atoms with Crippen molar-refractivity contribution in [1.29, 1.82) is 0 Å². The van der Waals surface area contributed by atoms with Crippen LogP contribution in [0, 0.1) is 6.92 Å². The highest BCUT2D eigenvalue weighted by atomic mass is 32.2. The minimum Gasteiger partial charge on any atom is -0.238 e. The summed E-state index contributed by atoms with van der Waals surface area (Å²) in [4.78, 5) is 4.14. The molecule has 0 radical (unpaired) electrons. The van der Waals surface area contributed by atoms with E-state index in [0.29, 0.717) is 0 Å². The van der Waals surface area contributed by atoms with Gasteiger partial charge in [0.1, 0.15) is 5.01 Å². The second kappa shape index (κ2) is 3.51. The van der Waals surface area contributed by atoms with Crippen LogP contribution in [0.1, 0.15) is 5.01 Å².